The topological polar surface area (TPSA) is 96.2 Å². The van der Waals surface area contributed by atoms with E-state index < -0.39 is 24.5 Å². The van der Waals surface area contributed by atoms with Crippen molar-refractivity contribution in [1.29, 1.82) is 0 Å². The molecule has 0 radical (unpaired) electrons. The third-order valence-electron chi connectivity index (χ3n) is 3.12. The number of ether oxygens (including phenoxy) is 1. The van der Waals surface area contributed by atoms with Crippen LogP contribution in [0.5, 0.6) is 0 Å². The van der Waals surface area contributed by atoms with E-state index >= 15 is 0 Å². The normalized spacial score (nSPS) is 27.2. The average Bonchev–Trinajstić information content (AvgIpc) is 2.95. The van der Waals surface area contributed by atoms with Gasteiger partial charge >= 0.3 is 0 Å². The number of aromatic nitrogens is 4. The Labute approximate surface area is 111 Å². The van der Waals surface area contributed by atoms with E-state index in [1.165, 1.54) is 6.33 Å². The largest absolute Gasteiger partial charge is 0.394 e. The third kappa shape index (κ3) is 1.94. The maximum Gasteiger partial charge on any atom is 0.294 e. The lowest BCUT2D eigenvalue weighted by atomic mass is 10.2. The lowest BCUT2D eigenvalue weighted by Crippen LogP contribution is -2.24. The van der Waals surface area contributed by atoms with Crippen LogP contribution in [0.1, 0.15) is 12.6 Å². The van der Waals surface area contributed by atoms with Crippen molar-refractivity contribution in [2.45, 2.75) is 24.9 Å². The van der Waals surface area contributed by atoms with Gasteiger partial charge in [0.2, 0.25) is 0 Å². The second-order valence-electron chi connectivity index (χ2n) is 4.27. The van der Waals surface area contributed by atoms with E-state index in [-0.39, 0.29) is 23.3 Å². The fourth-order valence-corrected chi connectivity index (χ4v) is 2.50. The molecule has 9 heteroatoms. The molecule has 2 aromatic rings. The van der Waals surface area contributed by atoms with Gasteiger partial charge in [0.25, 0.3) is 6.08 Å². The van der Waals surface area contributed by atoms with Gasteiger partial charge in [-0.25, -0.2) is 4.98 Å². The molecule has 3 atom stereocenters. The van der Waals surface area contributed by atoms with E-state index in [2.05, 4.69) is 15.0 Å². The molecule has 3 rings (SSSR count). The Morgan fingerprint density at radius 1 is 1.63 bits per heavy atom. The Hall–Kier alpha value is -1.42. The van der Waals surface area contributed by atoms with Crippen molar-refractivity contribution in [3.8, 4) is 0 Å². The van der Waals surface area contributed by atoms with Crippen LogP contribution in [-0.2, 0) is 4.74 Å². The molecule has 0 spiro atoms. The zero-order valence-corrected chi connectivity index (χ0v) is 10.5. The first-order chi connectivity index (χ1) is 9.11. The monoisotopic (exact) mass is 286 g/mol. The number of H-pyrrole nitrogens is 1. The van der Waals surface area contributed by atoms with Gasteiger partial charge in [0.1, 0.15) is 22.5 Å². The number of halogens is 1. The highest BCUT2D eigenvalue weighted by molar-refractivity contribution is 7.71. The van der Waals surface area contributed by atoms with Gasteiger partial charge in [-0.05, 0) is 0 Å². The Kier molecular flexibility index (Phi) is 3.05. The molecule has 3 N–H and O–H groups in total. The Morgan fingerprint density at radius 2 is 2.42 bits per heavy atom. The lowest BCUT2D eigenvalue weighted by Gasteiger charge is -2.16. The van der Waals surface area contributed by atoms with E-state index in [4.69, 9.17) is 22.1 Å². The summed E-state index contributed by atoms with van der Waals surface area (Å²) in [5.74, 6) is 0. The maximum absolute atomic E-state index is 14.0. The molecule has 0 aromatic carbocycles. The molecule has 1 saturated heterocycles. The quantitative estimate of drug-likeness (QED) is 0.541. The highest BCUT2D eigenvalue weighted by Gasteiger charge is 2.36. The molecule has 1 aliphatic rings. The molecule has 102 valence electrons. The van der Waals surface area contributed by atoms with Gasteiger partial charge in [-0.1, -0.05) is 12.2 Å². The number of aliphatic hydroxyl groups excluding tert-OH is 2. The van der Waals surface area contributed by atoms with E-state index in [9.17, 15) is 9.50 Å². The van der Waals surface area contributed by atoms with Gasteiger partial charge in [-0.15, -0.1) is 0 Å². The van der Waals surface area contributed by atoms with Gasteiger partial charge in [0, 0.05) is 6.42 Å². The number of rotatable bonds is 2. The highest BCUT2D eigenvalue weighted by Crippen LogP contribution is 2.30. The first-order valence-electron chi connectivity index (χ1n) is 5.67. The van der Waals surface area contributed by atoms with Crippen LogP contribution in [0.4, 0.5) is 4.39 Å². The average molecular weight is 286 g/mol. The predicted molar refractivity (Wildman–Crippen MR) is 64.3 cm³/mol. The van der Waals surface area contributed by atoms with Crippen LogP contribution in [0.15, 0.2) is 6.33 Å². The van der Waals surface area contributed by atoms with Crippen LogP contribution in [0, 0.1) is 10.7 Å². The molecule has 1 aliphatic heterocycles. The number of aliphatic hydroxyl groups is 2. The lowest BCUT2D eigenvalue weighted by molar-refractivity contribution is -0.0487. The number of nitrogens with zero attached hydrogens (tertiary/aromatic N) is 3. The van der Waals surface area contributed by atoms with Gasteiger partial charge in [-0.3, -0.25) is 4.57 Å². The molecule has 0 saturated carbocycles. The fraction of sp³-hybridized carbons (Fsp3) is 0.500. The van der Waals surface area contributed by atoms with Crippen molar-refractivity contribution in [3.05, 3.63) is 17.0 Å². The second-order valence-corrected chi connectivity index (χ2v) is 4.66. The van der Waals surface area contributed by atoms with Crippen LogP contribution in [0.3, 0.4) is 0 Å². The predicted octanol–water partition coefficient (Wildman–Crippen LogP) is 0.269. The summed E-state index contributed by atoms with van der Waals surface area (Å²) in [6, 6.07) is 0. The van der Waals surface area contributed by atoms with Crippen molar-refractivity contribution in [3.63, 3.8) is 0 Å². The van der Waals surface area contributed by atoms with Crippen molar-refractivity contribution in [2.75, 3.05) is 6.61 Å². The van der Waals surface area contributed by atoms with E-state index in [0.29, 0.717) is 5.52 Å². The molecule has 0 aliphatic carbocycles. The standard InChI is InChI=1S/C10H11FN4O3S/c11-10-14-8-7(12-3-13-8)9(19)15(10)6-1-4(17)5(2-16)18-6/h3-6,16-17H,1-2H2,(H,12,13)/t4-,5+,6?/m0/s1. The minimum Gasteiger partial charge on any atom is -0.394 e. The van der Waals surface area contributed by atoms with Crippen molar-refractivity contribution >= 4 is 23.4 Å². The summed E-state index contributed by atoms with van der Waals surface area (Å²) in [6.45, 7) is -0.341. The highest BCUT2D eigenvalue weighted by atomic mass is 32.1. The SMILES string of the molecule is OC[C@H]1OC(n2c(F)nc3nc[nH]c3c2=S)C[C@@H]1O. The number of fused-ring (bicyclic) bond motifs is 1. The van der Waals surface area contributed by atoms with Crippen LogP contribution in [0.25, 0.3) is 11.2 Å². The number of hydrogen-bond acceptors (Lipinski definition) is 6. The molecular formula is C10H11FN4O3S. The van der Waals surface area contributed by atoms with E-state index in [1.807, 2.05) is 0 Å². The molecule has 7 nitrogen and oxygen atoms in total. The number of imidazole rings is 1. The maximum atomic E-state index is 14.0. The third-order valence-corrected chi connectivity index (χ3v) is 3.52. The molecule has 1 unspecified atom stereocenters. The number of nitrogens with one attached hydrogen (secondary N) is 1. The first kappa shape index (κ1) is 12.6. The smallest absolute Gasteiger partial charge is 0.294 e. The van der Waals surface area contributed by atoms with Crippen molar-refractivity contribution in [2.24, 2.45) is 0 Å². The van der Waals surface area contributed by atoms with E-state index in [0.717, 1.165) is 4.57 Å². The second kappa shape index (κ2) is 4.60. The Morgan fingerprint density at radius 3 is 3.11 bits per heavy atom. The molecule has 0 bridgehead atoms. The number of hydrogen-bond donors (Lipinski definition) is 3. The van der Waals surface area contributed by atoms with Gasteiger partial charge < -0.3 is 19.9 Å². The molecule has 19 heavy (non-hydrogen) atoms. The minimum absolute atomic E-state index is 0.137. The van der Waals surface area contributed by atoms with Gasteiger partial charge in [0.05, 0.1) is 19.0 Å². The summed E-state index contributed by atoms with van der Waals surface area (Å²) in [5.41, 5.74) is 0.623. The van der Waals surface area contributed by atoms with Gasteiger partial charge in [0.15, 0.2) is 5.65 Å². The van der Waals surface area contributed by atoms with Crippen molar-refractivity contribution < 1.29 is 19.3 Å². The van der Waals surface area contributed by atoms with Gasteiger partial charge in [-0.2, -0.15) is 9.37 Å². The zero-order valence-electron chi connectivity index (χ0n) is 9.65. The summed E-state index contributed by atoms with van der Waals surface area (Å²) in [4.78, 5) is 10.3. The number of aromatic amines is 1. The minimum atomic E-state index is -0.867. The molecular weight excluding hydrogens is 275 g/mol. The first-order valence-corrected chi connectivity index (χ1v) is 6.08. The Bertz CT molecular complexity index is 672. The summed E-state index contributed by atoms with van der Waals surface area (Å²) < 4.78 is 20.6. The Balaban J connectivity index is 2.08. The summed E-state index contributed by atoms with van der Waals surface area (Å²) >= 11 is 5.17. The van der Waals surface area contributed by atoms with Crippen LogP contribution in [0.2, 0.25) is 0 Å². The van der Waals surface area contributed by atoms with E-state index in [1.54, 1.807) is 0 Å². The summed E-state index contributed by atoms with van der Waals surface area (Å²) in [7, 11) is 0. The molecule has 3 heterocycles. The zero-order chi connectivity index (χ0) is 13.6. The van der Waals surface area contributed by atoms with Crippen LogP contribution in [-0.4, -0.2) is 48.5 Å². The van der Waals surface area contributed by atoms with Crippen LogP contribution < -0.4 is 0 Å². The molecule has 1 fully saturated rings. The van der Waals surface area contributed by atoms with Crippen molar-refractivity contribution in [1.82, 2.24) is 19.5 Å². The van der Waals surface area contributed by atoms with Crippen LogP contribution >= 0.6 is 12.2 Å². The summed E-state index contributed by atoms with van der Waals surface area (Å²) in [6.07, 6.45) is -1.73. The fourth-order valence-electron chi connectivity index (χ4n) is 2.16. The molecule has 0 amide bonds. The summed E-state index contributed by atoms with van der Waals surface area (Å²) in [5, 5.41) is 18.7. The molecule has 2 aromatic heterocycles.